The Bertz CT molecular complexity index is 956. The van der Waals surface area contributed by atoms with Crippen molar-refractivity contribution in [1.82, 2.24) is 4.57 Å². The summed E-state index contributed by atoms with van der Waals surface area (Å²) in [6, 6.07) is 12.4. The molecule has 0 aliphatic rings. The molecule has 25 heavy (non-hydrogen) atoms. The number of aryl methyl sites for hydroxylation is 1. The number of hydrazone groups is 1. The number of carboxylic acid groups (broad SMARTS) is 1. The Morgan fingerprint density at radius 1 is 1.24 bits per heavy atom. The van der Waals surface area contributed by atoms with Crippen molar-refractivity contribution in [1.29, 1.82) is 0 Å². The number of methoxy groups -OCH3 is 1. The first-order valence-electron chi connectivity index (χ1n) is 7.76. The summed E-state index contributed by atoms with van der Waals surface area (Å²) in [7, 11) is 3.66. The number of aromatic nitrogens is 1. The number of carboxylic acids is 1. The maximum absolute atomic E-state index is 10.9. The van der Waals surface area contributed by atoms with Crippen molar-refractivity contribution in [3.05, 3.63) is 59.3 Å². The Kier molecular flexibility index (Phi) is 4.43. The summed E-state index contributed by atoms with van der Waals surface area (Å²) in [6.45, 7) is 2.04. The summed E-state index contributed by atoms with van der Waals surface area (Å²) in [4.78, 5) is 10.9. The van der Waals surface area contributed by atoms with Gasteiger partial charge in [-0.2, -0.15) is 5.10 Å². The lowest BCUT2D eigenvalue weighted by Gasteiger charge is -2.01. The first kappa shape index (κ1) is 16.6. The molecule has 6 nitrogen and oxygen atoms in total. The Labute approximate surface area is 145 Å². The van der Waals surface area contributed by atoms with Gasteiger partial charge in [0.05, 0.1) is 24.6 Å². The molecule has 0 atom stereocenters. The van der Waals surface area contributed by atoms with Crippen LogP contribution < -0.4 is 10.2 Å². The first-order valence-corrected chi connectivity index (χ1v) is 7.76. The van der Waals surface area contributed by atoms with E-state index < -0.39 is 5.97 Å². The monoisotopic (exact) mass is 337 g/mol. The van der Waals surface area contributed by atoms with Gasteiger partial charge in [0.15, 0.2) is 0 Å². The third-order valence-electron chi connectivity index (χ3n) is 4.27. The van der Waals surface area contributed by atoms with Crippen LogP contribution in [0.3, 0.4) is 0 Å². The lowest BCUT2D eigenvalue weighted by Crippen LogP contribution is -1.97. The summed E-state index contributed by atoms with van der Waals surface area (Å²) in [6.07, 6.45) is 1.77. The standard InChI is InChI=1S/C19H19N3O3/c1-12-17(16-10-15(25-3)8-9-18(16)22(12)2)11-20-21-14-6-4-13(5-7-14)19(23)24/h4-11,21H,1-3H3,(H,23,24). The molecule has 0 radical (unpaired) electrons. The molecule has 0 aliphatic heterocycles. The summed E-state index contributed by atoms with van der Waals surface area (Å²) in [5.74, 6) is -0.152. The van der Waals surface area contributed by atoms with Crippen LogP contribution in [0.15, 0.2) is 47.6 Å². The van der Waals surface area contributed by atoms with Gasteiger partial charge in [0.1, 0.15) is 5.75 Å². The van der Waals surface area contributed by atoms with E-state index in [0.29, 0.717) is 0 Å². The van der Waals surface area contributed by atoms with Crippen molar-refractivity contribution < 1.29 is 14.6 Å². The number of carbonyl (C=O) groups is 1. The highest BCUT2D eigenvalue weighted by atomic mass is 16.5. The number of anilines is 1. The van der Waals surface area contributed by atoms with Crippen LogP contribution in [0.1, 0.15) is 21.6 Å². The molecule has 0 bridgehead atoms. The van der Waals surface area contributed by atoms with E-state index in [2.05, 4.69) is 15.1 Å². The van der Waals surface area contributed by atoms with Crippen LogP contribution in [0.25, 0.3) is 10.9 Å². The van der Waals surface area contributed by atoms with Gasteiger partial charge in [-0.3, -0.25) is 5.43 Å². The third-order valence-corrected chi connectivity index (χ3v) is 4.27. The molecular formula is C19H19N3O3. The van der Waals surface area contributed by atoms with E-state index in [4.69, 9.17) is 9.84 Å². The Morgan fingerprint density at radius 3 is 2.60 bits per heavy atom. The molecule has 0 unspecified atom stereocenters. The molecule has 128 valence electrons. The minimum Gasteiger partial charge on any atom is -0.497 e. The van der Waals surface area contributed by atoms with Crippen molar-refractivity contribution in [2.75, 3.05) is 12.5 Å². The topological polar surface area (TPSA) is 75.8 Å². The number of nitrogens with zero attached hydrogens (tertiary/aromatic N) is 2. The van der Waals surface area contributed by atoms with E-state index in [1.54, 1.807) is 25.5 Å². The first-order chi connectivity index (χ1) is 12.0. The van der Waals surface area contributed by atoms with E-state index in [1.807, 2.05) is 32.2 Å². The lowest BCUT2D eigenvalue weighted by molar-refractivity contribution is 0.0697. The van der Waals surface area contributed by atoms with Crippen LogP contribution in [0.5, 0.6) is 5.75 Å². The Balaban J connectivity index is 1.88. The van der Waals surface area contributed by atoms with Crippen LogP contribution in [-0.4, -0.2) is 29.0 Å². The molecule has 6 heteroatoms. The van der Waals surface area contributed by atoms with Crippen molar-refractivity contribution in [3.8, 4) is 5.75 Å². The number of nitrogens with one attached hydrogen (secondary N) is 1. The molecule has 3 aromatic rings. The minimum atomic E-state index is -0.949. The molecule has 2 N–H and O–H groups in total. The van der Waals surface area contributed by atoms with Gasteiger partial charge in [0, 0.05) is 29.2 Å². The van der Waals surface area contributed by atoms with Crippen molar-refractivity contribution in [3.63, 3.8) is 0 Å². The van der Waals surface area contributed by atoms with Gasteiger partial charge in [-0.25, -0.2) is 4.79 Å². The molecule has 0 fully saturated rings. The molecule has 0 amide bonds. The van der Waals surface area contributed by atoms with Crippen LogP contribution in [0.2, 0.25) is 0 Å². The van der Waals surface area contributed by atoms with Crippen LogP contribution in [0.4, 0.5) is 5.69 Å². The van der Waals surface area contributed by atoms with Crippen LogP contribution >= 0.6 is 0 Å². The predicted octanol–water partition coefficient (Wildman–Crippen LogP) is 3.64. The average Bonchev–Trinajstić information content (AvgIpc) is 2.86. The molecule has 0 saturated carbocycles. The van der Waals surface area contributed by atoms with E-state index in [-0.39, 0.29) is 5.56 Å². The highest BCUT2D eigenvalue weighted by Crippen LogP contribution is 2.27. The maximum atomic E-state index is 10.9. The molecule has 2 aromatic carbocycles. The van der Waals surface area contributed by atoms with Gasteiger partial charge in [-0.15, -0.1) is 0 Å². The second kappa shape index (κ2) is 6.68. The highest BCUT2D eigenvalue weighted by molar-refractivity contribution is 6.01. The molecule has 0 aliphatic carbocycles. The number of fused-ring (bicyclic) bond motifs is 1. The fourth-order valence-corrected chi connectivity index (χ4v) is 2.73. The number of hydrogen-bond donors (Lipinski definition) is 2. The molecule has 0 spiro atoms. The number of ether oxygens (including phenoxy) is 1. The predicted molar refractivity (Wildman–Crippen MR) is 98.8 cm³/mol. The lowest BCUT2D eigenvalue weighted by atomic mass is 10.1. The second-order valence-electron chi connectivity index (χ2n) is 5.69. The van der Waals surface area contributed by atoms with E-state index in [0.717, 1.165) is 33.6 Å². The number of benzene rings is 2. The molecule has 1 heterocycles. The molecule has 3 rings (SSSR count). The Hall–Kier alpha value is -3.28. The number of aromatic carboxylic acids is 1. The quantitative estimate of drug-likeness (QED) is 0.550. The zero-order valence-electron chi connectivity index (χ0n) is 14.3. The van der Waals surface area contributed by atoms with E-state index >= 15 is 0 Å². The van der Waals surface area contributed by atoms with Gasteiger partial charge >= 0.3 is 5.97 Å². The second-order valence-corrected chi connectivity index (χ2v) is 5.69. The van der Waals surface area contributed by atoms with Crippen LogP contribution in [-0.2, 0) is 7.05 Å². The van der Waals surface area contributed by atoms with Gasteiger partial charge in [-0.05, 0) is 49.4 Å². The van der Waals surface area contributed by atoms with Crippen molar-refractivity contribution in [2.45, 2.75) is 6.92 Å². The summed E-state index contributed by atoms with van der Waals surface area (Å²) in [5.41, 5.74) is 7.09. The van der Waals surface area contributed by atoms with E-state index in [9.17, 15) is 4.79 Å². The van der Waals surface area contributed by atoms with Gasteiger partial charge in [0.2, 0.25) is 0 Å². The normalized spacial score (nSPS) is 11.2. The smallest absolute Gasteiger partial charge is 0.335 e. The maximum Gasteiger partial charge on any atom is 0.335 e. The van der Waals surface area contributed by atoms with Gasteiger partial charge < -0.3 is 14.4 Å². The van der Waals surface area contributed by atoms with Crippen molar-refractivity contribution in [2.24, 2.45) is 12.1 Å². The average molecular weight is 337 g/mol. The summed E-state index contributed by atoms with van der Waals surface area (Å²) in [5, 5.41) is 14.3. The third kappa shape index (κ3) is 3.19. The number of hydrogen-bond acceptors (Lipinski definition) is 4. The zero-order valence-corrected chi connectivity index (χ0v) is 14.3. The summed E-state index contributed by atoms with van der Waals surface area (Å²) >= 11 is 0. The minimum absolute atomic E-state index is 0.242. The number of rotatable bonds is 5. The van der Waals surface area contributed by atoms with Crippen LogP contribution in [0, 0.1) is 6.92 Å². The summed E-state index contributed by atoms with van der Waals surface area (Å²) < 4.78 is 7.42. The molecular weight excluding hydrogens is 318 g/mol. The zero-order chi connectivity index (χ0) is 18.0. The SMILES string of the molecule is COc1ccc2c(c1)c(C=NNc1ccc(C(=O)O)cc1)c(C)n2C. The Morgan fingerprint density at radius 2 is 1.96 bits per heavy atom. The largest absolute Gasteiger partial charge is 0.497 e. The van der Waals surface area contributed by atoms with Crippen molar-refractivity contribution >= 4 is 28.8 Å². The molecule has 1 aromatic heterocycles. The molecule has 0 saturated heterocycles. The fourth-order valence-electron chi connectivity index (χ4n) is 2.73. The van der Waals surface area contributed by atoms with Gasteiger partial charge in [-0.1, -0.05) is 0 Å². The highest BCUT2D eigenvalue weighted by Gasteiger charge is 2.11. The van der Waals surface area contributed by atoms with Gasteiger partial charge in [0.25, 0.3) is 0 Å². The van der Waals surface area contributed by atoms with E-state index in [1.165, 1.54) is 12.1 Å². The fraction of sp³-hybridized carbons (Fsp3) is 0.158.